The molecule has 5 rings (SSSR count). The molecule has 4 nitrogen and oxygen atoms in total. The predicted octanol–water partition coefficient (Wildman–Crippen LogP) is 4.77. The molecule has 0 bridgehead atoms. The summed E-state index contributed by atoms with van der Waals surface area (Å²) in [6, 6.07) is 0. The van der Waals surface area contributed by atoms with Gasteiger partial charge in [0.2, 0.25) is 11.4 Å². The monoisotopic (exact) mass is 452 g/mol. The Morgan fingerprint density at radius 2 is 1.94 bits per heavy atom. The SMILES string of the molecule is CC1(C)O[C@@H]2C[C@H]3[C@@H]4C[C@H](F)C5=CC(=O)C=C[C@]5(C)C4=CC[C@]3(C)[C@]2(C(=O)C(F)Cl)O1. The fourth-order valence-electron chi connectivity index (χ4n) is 7.23. The largest absolute Gasteiger partial charge is 0.344 e. The van der Waals surface area contributed by atoms with Gasteiger partial charge in [-0.3, -0.25) is 9.59 Å². The summed E-state index contributed by atoms with van der Waals surface area (Å²) in [6.07, 6.45) is 5.97. The molecule has 0 N–H and O–H groups in total. The number of allylic oxidation sites excluding steroid dienone is 6. The smallest absolute Gasteiger partial charge is 0.234 e. The minimum absolute atomic E-state index is 0.143. The molecule has 1 unspecified atom stereocenters. The minimum atomic E-state index is -2.21. The number of ether oxygens (including phenoxy) is 2. The summed E-state index contributed by atoms with van der Waals surface area (Å²) in [6.45, 7) is 7.29. The van der Waals surface area contributed by atoms with Crippen molar-refractivity contribution in [2.24, 2.45) is 22.7 Å². The molecule has 0 aromatic rings. The first-order valence-corrected chi connectivity index (χ1v) is 11.3. The number of hydrogen-bond donors (Lipinski definition) is 0. The number of carbonyl (C=O) groups is 2. The lowest BCUT2D eigenvalue weighted by molar-refractivity contribution is -0.206. The molecule has 168 valence electrons. The van der Waals surface area contributed by atoms with Gasteiger partial charge in [0.1, 0.15) is 6.17 Å². The van der Waals surface area contributed by atoms with Crippen molar-refractivity contribution < 1.29 is 27.8 Å². The molecular weight excluding hydrogens is 426 g/mol. The maximum Gasteiger partial charge on any atom is 0.234 e. The van der Waals surface area contributed by atoms with Gasteiger partial charge in [-0.2, -0.15) is 0 Å². The molecule has 8 atom stereocenters. The highest BCUT2D eigenvalue weighted by Gasteiger charge is 2.76. The number of halogens is 3. The molecule has 1 saturated heterocycles. The van der Waals surface area contributed by atoms with Crippen molar-refractivity contribution in [3.8, 4) is 0 Å². The Morgan fingerprint density at radius 3 is 2.61 bits per heavy atom. The number of alkyl halides is 3. The van der Waals surface area contributed by atoms with Gasteiger partial charge in [-0.05, 0) is 69.6 Å². The van der Waals surface area contributed by atoms with Crippen LogP contribution in [0.2, 0.25) is 0 Å². The normalized spacial score (nSPS) is 48.2. The molecule has 0 amide bonds. The van der Waals surface area contributed by atoms with Gasteiger partial charge in [0.15, 0.2) is 17.2 Å². The van der Waals surface area contributed by atoms with Crippen molar-refractivity contribution in [1.29, 1.82) is 0 Å². The Labute approximate surface area is 185 Å². The van der Waals surface area contributed by atoms with E-state index in [4.69, 9.17) is 21.1 Å². The van der Waals surface area contributed by atoms with Crippen molar-refractivity contribution in [3.05, 3.63) is 35.5 Å². The molecule has 5 aliphatic rings. The second-order valence-corrected chi connectivity index (χ2v) is 10.9. The zero-order chi connectivity index (χ0) is 22.6. The van der Waals surface area contributed by atoms with E-state index in [-0.39, 0.29) is 24.0 Å². The van der Waals surface area contributed by atoms with Crippen molar-refractivity contribution in [1.82, 2.24) is 0 Å². The number of Topliss-reactive ketones (excluding diaryl/α,β-unsaturated/α-hetero) is 1. The standard InChI is InChI=1S/C24H27ClF2O4/c1-21(2)30-18-11-15-13-10-17(26)16-9-12(28)5-7-22(16,3)14(13)6-8-23(15,4)24(18,31-21)19(29)20(25)27/h5-7,9,13,15,17-18,20H,8,10-11H2,1-4H3/t13-,15+,17+,18-,20?,22-,23+,24+/m1/s1. The average Bonchev–Trinajstić information content (AvgIpc) is 3.08. The Hall–Kier alpha value is -1.37. The van der Waals surface area contributed by atoms with Crippen LogP contribution in [0.1, 0.15) is 47.0 Å². The third-order valence-corrected chi connectivity index (χ3v) is 8.69. The molecule has 2 saturated carbocycles. The van der Waals surface area contributed by atoms with Crippen molar-refractivity contribution >= 4 is 23.2 Å². The van der Waals surface area contributed by atoms with Crippen LogP contribution in [0.15, 0.2) is 35.5 Å². The Morgan fingerprint density at radius 1 is 1.23 bits per heavy atom. The van der Waals surface area contributed by atoms with Gasteiger partial charge in [-0.1, -0.05) is 36.2 Å². The van der Waals surface area contributed by atoms with Crippen LogP contribution >= 0.6 is 11.6 Å². The Balaban J connectivity index is 1.64. The second kappa shape index (κ2) is 6.36. The van der Waals surface area contributed by atoms with Crippen molar-refractivity contribution in [2.75, 3.05) is 0 Å². The van der Waals surface area contributed by atoms with E-state index >= 15 is 4.39 Å². The first kappa shape index (κ1) is 21.5. The number of carbonyl (C=O) groups excluding carboxylic acids is 2. The second-order valence-electron chi connectivity index (χ2n) is 10.5. The molecule has 0 radical (unpaired) electrons. The molecule has 7 heteroatoms. The number of ketones is 2. The summed E-state index contributed by atoms with van der Waals surface area (Å²) >= 11 is 5.67. The van der Waals surface area contributed by atoms with Gasteiger partial charge in [0.05, 0.1) is 6.10 Å². The zero-order valence-corrected chi connectivity index (χ0v) is 18.8. The summed E-state index contributed by atoms with van der Waals surface area (Å²) in [4.78, 5) is 25.1. The predicted molar refractivity (Wildman–Crippen MR) is 111 cm³/mol. The lowest BCUT2D eigenvalue weighted by atomic mass is 9.51. The van der Waals surface area contributed by atoms with Gasteiger partial charge in [-0.25, -0.2) is 8.78 Å². The van der Waals surface area contributed by atoms with Crippen LogP contribution in [-0.2, 0) is 19.1 Å². The fourth-order valence-corrected chi connectivity index (χ4v) is 7.40. The van der Waals surface area contributed by atoms with E-state index in [2.05, 4.69) is 6.08 Å². The van der Waals surface area contributed by atoms with Gasteiger partial charge >= 0.3 is 0 Å². The van der Waals surface area contributed by atoms with E-state index in [1.807, 2.05) is 13.8 Å². The van der Waals surface area contributed by atoms with Crippen LogP contribution in [0.4, 0.5) is 8.78 Å². The van der Waals surface area contributed by atoms with Crippen LogP contribution in [-0.4, -0.2) is 40.9 Å². The van der Waals surface area contributed by atoms with Crippen molar-refractivity contribution in [3.63, 3.8) is 0 Å². The summed E-state index contributed by atoms with van der Waals surface area (Å²) in [5.74, 6) is -2.37. The molecule has 0 aromatic carbocycles. The summed E-state index contributed by atoms with van der Waals surface area (Å²) in [5.41, 5.74) is -3.65. The minimum Gasteiger partial charge on any atom is -0.344 e. The van der Waals surface area contributed by atoms with Gasteiger partial charge in [0, 0.05) is 10.8 Å². The maximum absolute atomic E-state index is 15.4. The van der Waals surface area contributed by atoms with E-state index in [9.17, 15) is 14.0 Å². The van der Waals surface area contributed by atoms with E-state index in [0.29, 0.717) is 18.4 Å². The molecule has 0 aromatic heterocycles. The highest BCUT2D eigenvalue weighted by atomic mass is 35.5. The lowest BCUT2D eigenvalue weighted by Crippen LogP contribution is -2.60. The van der Waals surface area contributed by atoms with E-state index in [1.54, 1.807) is 19.9 Å². The van der Waals surface area contributed by atoms with Crippen LogP contribution in [0, 0.1) is 22.7 Å². The third kappa shape index (κ3) is 2.58. The zero-order valence-electron chi connectivity index (χ0n) is 18.1. The highest BCUT2D eigenvalue weighted by molar-refractivity contribution is 6.31. The van der Waals surface area contributed by atoms with Crippen LogP contribution < -0.4 is 0 Å². The first-order valence-electron chi connectivity index (χ1n) is 10.9. The van der Waals surface area contributed by atoms with Crippen molar-refractivity contribution in [2.45, 2.75) is 76.3 Å². The number of rotatable bonds is 2. The van der Waals surface area contributed by atoms with Crippen LogP contribution in [0.25, 0.3) is 0 Å². The maximum atomic E-state index is 15.4. The van der Waals surface area contributed by atoms with E-state index in [1.165, 1.54) is 12.2 Å². The molecular formula is C24H27ClF2O4. The van der Waals surface area contributed by atoms with E-state index in [0.717, 1.165) is 5.57 Å². The molecule has 3 fully saturated rings. The summed E-state index contributed by atoms with van der Waals surface area (Å²) < 4.78 is 41.9. The summed E-state index contributed by atoms with van der Waals surface area (Å²) in [5, 5.41) is 0. The topological polar surface area (TPSA) is 52.6 Å². The quantitative estimate of drug-likeness (QED) is 0.447. The third-order valence-electron chi connectivity index (χ3n) is 8.49. The highest BCUT2D eigenvalue weighted by Crippen LogP contribution is 2.69. The van der Waals surface area contributed by atoms with Gasteiger partial charge < -0.3 is 9.47 Å². The number of fused-ring (bicyclic) bond motifs is 7. The molecule has 1 aliphatic heterocycles. The molecule has 4 aliphatic carbocycles. The average molecular weight is 453 g/mol. The van der Waals surface area contributed by atoms with Crippen LogP contribution in [0.5, 0.6) is 0 Å². The molecule has 0 spiro atoms. The van der Waals surface area contributed by atoms with Crippen LogP contribution in [0.3, 0.4) is 0 Å². The van der Waals surface area contributed by atoms with Gasteiger partial charge in [-0.15, -0.1) is 0 Å². The van der Waals surface area contributed by atoms with E-state index < -0.39 is 45.9 Å². The molecule has 1 heterocycles. The Bertz CT molecular complexity index is 969. The lowest BCUT2D eigenvalue weighted by Gasteiger charge is -2.54. The number of hydrogen-bond acceptors (Lipinski definition) is 4. The Kier molecular flexibility index (Phi) is 4.40. The van der Waals surface area contributed by atoms with Gasteiger partial charge in [0.25, 0.3) is 0 Å². The fraction of sp³-hybridized carbons (Fsp3) is 0.667. The first-order chi connectivity index (χ1) is 14.4. The summed E-state index contributed by atoms with van der Waals surface area (Å²) in [7, 11) is 0. The molecule has 31 heavy (non-hydrogen) atoms.